The predicted molar refractivity (Wildman–Crippen MR) is 239 cm³/mol. The first-order valence-electron chi connectivity index (χ1n) is 20.7. The molecule has 9 rings (SSSR count). The number of nitrogens with zero attached hydrogens (tertiary/aromatic N) is 1. The van der Waals surface area contributed by atoms with Gasteiger partial charge in [0.25, 0.3) is 0 Å². The van der Waals surface area contributed by atoms with E-state index in [2.05, 4.69) is 127 Å². The van der Waals surface area contributed by atoms with E-state index in [-0.39, 0.29) is 18.0 Å². The molecule has 0 aliphatic heterocycles. The van der Waals surface area contributed by atoms with Crippen molar-refractivity contribution in [1.82, 2.24) is 0 Å². The lowest BCUT2D eigenvalue weighted by molar-refractivity contribution is 0.461. The Labute approximate surface area is 335 Å². The SMILES string of the molecule is [2H]/C(=C(/c1ccccc1)c1cc([2H])c(N(c2ccc3c(c2)C(c2ccccc2)(C(C=C)CC=C)c2ccccc2-3)c2cccc3ccccc23)cc1[2H])c1ccccc1. The molecule has 0 saturated heterocycles. The number of benzene rings is 8. The molecule has 268 valence electrons. The highest BCUT2D eigenvalue weighted by atomic mass is 15.1. The van der Waals surface area contributed by atoms with Gasteiger partial charge < -0.3 is 4.90 Å². The minimum absolute atomic E-state index is 0.0104. The lowest BCUT2D eigenvalue weighted by Crippen LogP contribution is -2.35. The van der Waals surface area contributed by atoms with Gasteiger partial charge in [-0.05, 0) is 104 Å². The largest absolute Gasteiger partial charge is 0.310 e. The highest BCUT2D eigenvalue weighted by Crippen LogP contribution is 2.58. The van der Waals surface area contributed by atoms with Crippen LogP contribution in [-0.4, -0.2) is 0 Å². The molecule has 56 heavy (non-hydrogen) atoms. The summed E-state index contributed by atoms with van der Waals surface area (Å²) in [6.45, 7) is 8.59. The van der Waals surface area contributed by atoms with Crippen molar-refractivity contribution in [2.45, 2.75) is 11.8 Å². The van der Waals surface area contributed by atoms with Gasteiger partial charge in [-0.1, -0.05) is 182 Å². The summed E-state index contributed by atoms with van der Waals surface area (Å²) >= 11 is 0. The van der Waals surface area contributed by atoms with Crippen LogP contribution in [0.15, 0.2) is 225 Å². The molecule has 0 bridgehead atoms. The zero-order valence-corrected chi connectivity index (χ0v) is 31.2. The van der Waals surface area contributed by atoms with Crippen molar-refractivity contribution in [3.05, 3.63) is 259 Å². The fourth-order valence-corrected chi connectivity index (χ4v) is 8.72. The van der Waals surface area contributed by atoms with E-state index in [9.17, 15) is 4.11 Å². The quantitative estimate of drug-likeness (QED) is 0.0950. The smallest absolute Gasteiger partial charge is 0.0645 e. The maximum Gasteiger partial charge on any atom is 0.0645 e. The van der Waals surface area contributed by atoms with Crippen molar-refractivity contribution in [2.24, 2.45) is 5.92 Å². The lowest BCUT2D eigenvalue weighted by atomic mass is 9.63. The van der Waals surface area contributed by atoms with E-state index in [1.165, 1.54) is 16.7 Å². The van der Waals surface area contributed by atoms with Crippen LogP contribution in [0.4, 0.5) is 17.1 Å². The summed E-state index contributed by atoms with van der Waals surface area (Å²) in [6, 6.07) is 64.4. The molecule has 2 unspecified atom stereocenters. The van der Waals surface area contributed by atoms with Gasteiger partial charge in [0.05, 0.1) is 15.2 Å². The monoisotopic (exact) mass is 720 g/mol. The Morgan fingerprint density at radius 1 is 0.607 bits per heavy atom. The van der Waals surface area contributed by atoms with Gasteiger partial charge >= 0.3 is 0 Å². The molecule has 1 heteroatoms. The van der Waals surface area contributed by atoms with Crippen LogP contribution < -0.4 is 4.90 Å². The lowest BCUT2D eigenvalue weighted by Gasteiger charge is -2.39. The average molecular weight is 721 g/mol. The first kappa shape index (κ1) is 31.4. The minimum atomic E-state index is -0.574. The van der Waals surface area contributed by atoms with Crippen LogP contribution in [-0.2, 0) is 5.41 Å². The third-order valence-corrected chi connectivity index (χ3v) is 11.2. The first-order chi connectivity index (χ1) is 28.9. The van der Waals surface area contributed by atoms with Gasteiger partial charge in [-0.15, -0.1) is 13.2 Å². The maximum absolute atomic E-state index is 9.84. The standard InChI is InChI=1S/C55H43N/c1-3-19-44(4-2)55(45-26-12-7-13-27-45)52-30-17-16-29-49(52)50-37-36-47(39-53(50)55)56(54-31-18-25-41-24-14-15-28-48(41)54)46-34-32-43(33-35-46)51(42-22-10-6-11-23-42)38-40-20-8-5-9-21-40/h3-18,20-39,44H,1-2,19H2/b51-38+/i32D,35D,38D. The van der Waals surface area contributed by atoms with Crippen LogP contribution in [0.3, 0.4) is 0 Å². The minimum Gasteiger partial charge on any atom is -0.310 e. The number of anilines is 3. The van der Waals surface area contributed by atoms with Crippen LogP contribution in [0.5, 0.6) is 0 Å². The summed E-state index contributed by atoms with van der Waals surface area (Å²) in [4.78, 5) is 2.15. The molecular weight excluding hydrogens is 675 g/mol. The molecule has 0 radical (unpaired) electrons. The van der Waals surface area contributed by atoms with Crippen molar-refractivity contribution in [2.75, 3.05) is 4.90 Å². The molecule has 0 aromatic heterocycles. The van der Waals surface area contributed by atoms with Gasteiger partial charge in [-0.25, -0.2) is 0 Å². The zero-order chi connectivity index (χ0) is 40.5. The summed E-state index contributed by atoms with van der Waals surface area (Å²) in [5.74, 6) is -0.0104. The molecule has 8 aromatic rings. The van der Waals surface area contributed by atoms with Crippen LogP contribution in [0.1, 0.15) is 43.9 Å². The molecule has 1 aliphatic rings. The van der Waals surface area contributed by atoms with E-state index in [0.29, 0.717) is 22.9 Å². The van der Waals surface area contributed by atoms with Crippen molar-refractivity contribution in [1.29, 1.82) is 0 Å². The fourth-order valence-electron chi connectivity index (χ4n) is 8.72. The van der Waals surface area contributed by atoms with Crippen molar-refractivity contribution in [3.8, 4) is 11.1 Å². The second-order valence-electron chi connectivity index (χ2n) is 14.3. The van der Waals surface area contributed by atoms with Crippen LogP contribution in [0.25, 0.3) is 33.5 Å². The second-order valence-corrected chi connectivity index (χ2v) is 14.3. The predicted octanol–water partition coefficient (Wildman–Crippen LogP) is 14.6. The van der Waals surface area contributed by atoms with Gasteiger partial charge in [-0.3, -0.25) is 0 Å². The Morgan fingerprint density at radius 2 is 1.29 bits per heavy atom. The fraction of sp³-hybridized carbons (Fsp3) is 0.0545. The van der Waals surface area contributed by atoms with Crippen LogP contribution in [0, 0.1) is 5.92 Å². The molecule has 0 saturated carbocycles. The molecule has 0 N–H and O–H groups in total. The first-order valence-corrected chi connectivity index (χ1v) is 19.2. The van der Waals surface area contributed by atoms with Gasteiger partial charge in [0.1, 0.15) is 0 Å². The third kappa shape index (κ3) is 5.99. The molecule has 0 spiro atoms. The second kappa shape index (κ2) is 15.1. The van der Waals surface area contributed by atoms with Gasteiger partial charge in [0.15, 0.2) is 0 Å². The highest BCUT2D eigenvalue weighted by Gasteiger charge is 2.48. The third-order valence-electron chi connectivity index (χ3n) is 11.2. The summed E-state index contributed by atoms with van der Waals surface area (Å²) in [7, 11) is 0. The van der Waals surface area contributed by atoms with Crippen molar-refractivity contribution >= 4 is 39.5 Å². The number of hydrogen-bond acceptors (Lipinski definition) is 1. The van der Waals surface area contributed by atoms with E-state index in [1.807, 2.05) is 78.9 Å². The van der Waals surface area contributed by atoms with Crippen molar-refractivity contribution < 1.29 is 4.11 Å². The maximum atomic E-state index is 9.84. The summed E-state index contributed by atoms with van der Waals surface area (Å²) < 4.78 is 29.0. The topological polar surface area (TPSA) is 3.24 Å². The highest BCUT2D eigenvalue weighted by molar-refractivity contribution is 6.00. The Kier molecular flexibility index (Phi) is 8.44. The number of allylic oxidation sites excluding steroid dienone is 2. The summed E-state index contributed by atoms with van der Waals surface area (Å²) in [6.07, 6.45) is 4.80. The van der Waals surface area contributed by atoms with Gasteiger partial charge in [0.2, 0.25) is 0 Å². The van der Waals surface area contributed by atoms with Crippen molar-refractivity contribution in [3.63, 3.8) is 0 Å². The number of rotatable bonds is 11. The molecule has 0 amide bonds. The Bertz CT molecular complexity index is 2880. The van der Waals surface area contributed by atoms with E-state index in [4.69, 9.17) is 0 Å². The van der Waals surface area contributed by atoms with Gasteiger partial charge in [0, 0.05) is 16.8 Å². The Balaban J connectivity index is 1.32. The molecular formula is C55H43N. The molecule has 0 heterocycles. The van der Waals surface area contributed by atoms with Crippen LogP contribution >= 0.6 is 0 Å². The average Bonchev–Trinajstić information content (AvgIpc) is 3.58. The van der Waals surface area contributed by atoms with E-state index >= 15 is 0 Å². The van der Waals surface area contributed by atoms with Gasteiger partial charge in [-0.2, -0.15) is 0 Å². The summed E-state index contributed by atoms with van der Waals surface area (Å²) in [5, 5.41) is 2.10. The summed E-state index contributed by atoms with van der Waals surface area (Å²) in [5.41, 5.74) is 10.4. The van der Waals surface area contributed by atoms with E-state index in [0.717, 1.165) is 50.8 Å². The molecule has 1 aliphatic carbocycles. The molecule has 8 aromatic carbocycles. The molecule has 0 fully saturated rings. The van der Waals surface area contributed by atoms with E-state index in [1.54, 1.807) is 12.1 Å². The zero-order valence-electron chi connectivity index (χ0n) is 34.2. The molecule has 2 atom stereocenters. The number of hydrogen-bond donors (Lipinski definition) is 0. The molecule has 1 nitrogen and oxygen atoms in total. The number of fused-ring (bicyclic) bond motifs is 4. The van der Waals surface area contributed by atoms with E-state index < -0.39 is 5.41 Å². The Hall–Kier alpha value is -6.96. The normalized spacial score (nSPS) is 16.0. The Morgan fingerprint density at radius 3 is 2.07 bits per heavy atom. The van der Waals surface area contributed by atoms with Crippen LogP contribution in [0.2, 0.25) is 0 Å².